The maximum Gasteiger partial charge on any atom is 0.248 e. The summed E-state index contributed by atoms with van der Waals surface area (Å²) < 4.78 is 18.4. The van der Waals surface area contributed by atoms with E-state index in [0.717, 1.165) is 0 Å². The van der Waals surface area contributed by atoms with Gasteiger partial charge in [0.25, 0.3) is 0 Å². The third-order valence-electron chi connectivity index (χ3n) is 3.12. The molecule has 21 heavy (non-hydrogen) atoms. The van der Waals surface area contributed by atoms with E-state index in [-0.39, 0.29) is 11.7 Å². The van der Waals surface area contributed by atoms with E-state index in [0.29, 0.717) is 29.2 Å². The normalized spacial score (nSPS) is 12.0. The Morgan fingerprint density at radius 2 is 2.14 bits per heavy atom. The zero-order valence-electron chi connectivity index (χ0n) is 12.2. The molecule has 2 aromatic rings. The van der Waals surface area contributed by atoms with Gasteiger partial charge in [0, 0.05) is 11.8 Å². The summed E-state index contributed by atoms with van der Waals surface area (Å²) in [6, 6.07) is 5.95. The van der Waals surface area contributed by atoms with Crippen LogP contribution in [0.5, 0.6) is 0 Å². The molecule has 1 unspecified atom stereocenters. The maximum atomic E-state index is 13.5. The molecule has 0 aliphatic rings. The Morgan fingerprint density at radius 1 is 1.38 bits per heavy atom. The Hall–Kier alpha value is -2.37. The van der Waals surface area contributed by atoms with Gasteiger partial charge in [-0.3, -0.25) is 4.79 Å². The number of carbonyl (C=O) groups excluding carboxylic acids is 1. The number of hydrogen-bond donors (Lipinski definition) is 2. The van der Waals surface area contributed by atoms with Crippen LogP contribution >= 0.6 is 0 Å². The Balaban J connectivity index is 2.04. The first kappa shape index (κ1) is 15.0. The summed E-state index contributed by atoms with van der Waals surface area (Å²) in [5.74, 6) is 0.439. The lowest BCUT2D eigenvalue weighted by Gasteiger charge is -2.17. The van der Waals surface area contributed by atoms with Crippen molar-refractivity contribution in [1.82, 2.24) is 5.16 Å². The molecule has 0 fully saturated rings. The first-order chi connectivity index (χ1) is 9.99. The molecule has 0 bridgehead atoms. The molecule has 5 nitrogen and oxygen atoms in total. The second kappa shape index (κ2) is 6.39. The van der Waals surface area contributed by atoms with Gasteiger partial charge in [-0.15, -0.1) is 0 Å². The molecule has 0 radical (unpaired) electrons. The van der Waals surface area contributed by atoms with Gasteiger partial charge < -0.3 is 15.2 Å². The van der Waals surface area contributed by atoms with Crippen LogP contribution in [0.4, 0.5) is 15.9 Å². The van der Waals surface area contributed by atoms with Crippen LogP contribution in [-0.4, -0.2) is 17.1 Å². The minimum absolute atomic E-state index is 0.244. The number of carbonyl (C=O) groups is 1. The van der Waals surface area contributed by atoms with Gasteiger partial charge in [-0.25, -0.2) is 4.39 Å². The summed E-state index contributed by atoms with van der Waals surface area (Å²) in [6.07, 6.45) is 0.554. The molecular weight excluding hydrogens is 273 g/mol. The van der Waals surface area contributed by atoms with E-state index >= 15 is 0 Å². The Bertz CT molecular complexity index is 640. The molecule has 2 N–H and O–H groups in total. The lowest BCUT2D eigenvalue weighted by molar-refractivity contribution is -0.117. The molecule has 1 atom stereocenters. The SMILES string of the molecule is CCC(Nc1ccc(C)c(F)c1)C(=O)Nc1cc(C)on1. The number of aromatic nitrogens is 1. The number of amides is 1. The predicted molar refractivity (Wildman–Crippen MR) is 78.7 cm³/mol. The van der Waals surface area contributed by atoms with Crippen LogP contribution < -0.4 is 10.6 Å². The van der Waals surface area contributed by atoms with Gasteiger partial charge >= 0.3 is 0 Å². The number of hydrogen-bond acceptors (Lipinski definition) is 4. The number of nitrogens with zero attached hydrogens (tertiary/aromatic N) is 1. The monoisotopic (exact) mass is 291 g/mol. The highest BCUT2D eigenvalue weighted by molar-refractivity contribution is 5.95. The van der Waals surface area contributed by atoms with Crippen molar-refractivity contribution in [2.24, 2.45) is 0 Å². The van der Waals surface area contributed by atoms with Gasteiger partial charge in [0.15, 0.2) is 5.82 Å². The molecule has 1 heterocycles. The highest BCUT2D eigenvalue weighted by atomic mass is 19.1. The van der Waals surface area contributed by atoms with E-state index in [4.69, 9.17) is 4.52 Å². The van der Waals surface area contributed by atoms with Crippen molar-refractivity contribution in [3.8, 4) is 0 Å². The third-order valence-corrected chi connectivity index (χ3v) is 3.12. The fourth-order valence-corrected chi connectivity index (χ4v) is 1.88. The van der Waals surface area contributed by atoms with Crippen LogP contribution in [0.1, 0.15) is 24.7 Å². The third kappa shape index (κ3) is 3.81. The Kier molecular flexibility index (Phi) is 4.57. The lowest BCUT2D eigenvalue weighted by atomic mass is 10.1. The van der Waals surface area contributed by atoms with Crippen molar-refractivity contribution in [3.63, 3.8) is 0 Å². The topological polar surface area (TPSA) is 67.2 Å². The molecule has 112 valence electrons. The first-order valence-electron chi connectivity index (χ1n) is 6.76. The second-order valence-corrected chi connectivity index (χ2v) is 4.88. The number of anilines is 2. The van der Waals surface area contributed by atoms with Gasteiger partial charge in [-0.1, -0.05) is 18.1 Å². The molecule has 1 aromatic carbocycles. The van der Waals surface area contributed by atoms with Crippen molar-refractivity contribution in [1.29, 1.82) is 0 Å². The minimum atomic E-state index is -0.482. The molecule has 6 heteroatoms. The maximum absolute atomic E-state index is 13.5. The molecule has 0 saturated carbocycles. The minimum Gasteiger partial charge on any atom is -0.374 e. The van der Waals surface area contributed by atoms with Gasteiger partial charge in [-0.2, -0.15) is 0 Å². The van der Waals surface area contributed by atoms with Crippen LogP contribution in [0.15, 0.2) is 28.8 Å². The molecule has 0 aliphatic heterocycles. The van der Waals surface area contributed by atoms with E-state index < -0.39 is 6.04 Å². The van der Waals surface area contributed by atoms with Crippen molar-refractivity contribution in [3.05, 3.63) is 41.4 Å². The number of halogens is 1. The zero-order chi connectivity index (χ0) is 15.4. The standard InChI is InChI=1S/C15H18FN3O2/c1-4-13(15(20)18-14-7-10(3)21-19-14)17-11-6-5-9(2)12(16)8-11/h5-8,13,17H,4H2,1-3H3,(H,18,19,20). The molecule has 1 aromatic heterocycles. The quantitative estimate of drug-likeness (QED) is 0.887. The van der Waals surface area contributed by atoms with Gasteiger partial charge in [0.05, 0.1) is 0 Å². The second-order valence-electron chi connectivity index (χ2n) is 4.88. The average Bonchev–Trinajstić information content (AvgIpc) is 2.85. The molecule has 1 amide bonds. The van der Waals surface area contributed by atoms with Crippen LogP contribution in [0, 0.1) is 19.7 Å². The van der Waals surface area contributed by atoms with Crippen LogP contribution in [0.2, 0.25) is 0 Å². The highest BCUT2D eigenvalue weighted by Crippen LogP contribution is 2.16. The van der Waals surface area contributed by atoms with Crippen molar-refractivity contribution in [2.45, 2.75) is 33.2 Å². The highest BCUT2D eigenvalue weighted by Gasteiger charge is 2.18. The van der Waals surface area contributed by atoms with Crippen molar-refractivity contribution < 1.29 is 13.7 Å². The zero-order valence-corrected chi connectivity index (χ0v) is 12.2. The fourth-order valence-electron chi connectivity index (χ4n) is 1.88. The lowest BCUT2D eigenvalue weighted by Crippen LogP contribution is -2.34. The summed E-state index contributed by atoms with van der Waals surface area (Å²) in [5.41, 5.74) is 1.13. The number of nitrogens with one attached hydrogen (secondary N) is 2. The summed E-state index contributed by atoms with van der Waals surface area (Å²) >= 11 is 0. The average molecular weight is 291 g/mol. The van der Waals surface area contributed by atoms with E-state index in [1.807, 2.05) is 6.92 Å². The molecular formula is C15H18FN3O2. The predicted octanol–water partition coefficient (Wildman–Crippen LogP) is 3.26. The first-order valence-corrected chi connectivity index (χ1v) is 6.76. The van der Waals surface area contributed by atoms with Crippen LogP contribution in [0.3, 0.4) is 0 Å². The van der Waals surface area contributed by atoms with Gasteiger partial charge in [-0.05, 0) is 38.0 Å². The molecule has 0 spiro atoms. The van der Waals surface area contributed by atoms with E-state index in [1.165, 1.54) is 6.07 Å². The fraction of sp³-hybridized carbons (Fsp3) is 0.333. The Labute approximate surface area is 122 Å². The molecule has 2 rings (SSSR count). The largest absolute Gasteiger partial charge is 0.374 e. The van der Waals surface area contributed by atoms with Crippen molar-refractivity contribution >= 4 is 17.4 Å². The van der Waals surface area contributed by atoms with Crippen molar-refractivity contribution in [2.75, 3.05) is 10.6 Å². The number of aryl methyl sites for hydroxylation is 2. The van der Waals surface area contributed by atoms with E-state index in [9.17, 15) is 9.18 Å². The summed E-state index contributed by atoms with van der Waals surface area (Å²) in [5, 5.41) is 9.38. The summed E-state index contributed by atoms with van der Waals surface area (Å²) in [6.45, 7) is 5.30. The molecule has 0 aliphatic carbocycles. The smallest absolute Gasteiger partial charge is 0.248 e. The van der Waals surface area contributed by atoms with E-state index in [1.54, 1.807) is 32.0 Å². The molecule has 0 saturated heterocycles. The van der Waals surface area contributed by atoms with Crippen LogP contribution in [-0.2, 0) is 4.79 Å². The van der Waals surface area contributed by atoms with Gasteiger partial charge in [0.1, 0.15) is 17.6 Å². The number of rotatable bonds is 5. The summed E-state index contributed by atoms with van der Waals surface area (Å²) in [7, 11) is 0. The Morgan fingerprint density at radius 3 is 2.71 bits per heavy atom. The summed E-state index contributed by atoms with van der Waals surface area (Å²) in [4.78, 5) is 12.2. The van der Waals surface area contributed by atoms with Gasteiger partial charge in [0.2, 0.25) is 5.91 Å². The van der Waals surface area contributed by atoms with Crippen LogP contribution in [0.25, 0.3) is 0 Å². The van der Waals surface area contributed by atoms with E-state index in [2.05, 4.69) is 15.8 Å². The number of benzene rings is 1.